The van der Waals surface area contributed by atoms with Crippen LogP contribution in [-0.2, 0) is 47.4 Å². The number of unbranched alkanes of at least 4 members (excludes halogenated alkanes) is 3. The van der Waals surface area contributed by atoms with Crippen LogP contribution in [0.3, 0.4) is 0 Å². The Morgan fingerprint density at radius 2 is 0.659 bits per heavy atom. The molecule has 0 amide bonds. The topological polar surface area (TPSA) is 128 Å². The Hall–Kier alpha value is -1.58. The predicted octanol–water partition coefficient (Wildman–Crippen LogP) is 3.39. The minimum atomic E-state index is 0.479. The van der Waals surface area contributed by atoms with Crippen molar-refractivity contribution in [2.75, 3.05) is 144 Å². The van der Waals surface area contributed by atoms with Crippen LogP contribution in [0.5, 0.6) is 5.75 Å². The van der Waals surface area contributed by atoms with Gasteiger partial charge >= 0.3 is 0 Å². The van der Waals surface area contributed by atoms with E-state index in [-0.39, 0.29) is 0 Å². The lowest BCUT2D eigenvalue weighted by molar-refractivity contribution is -0.0267. The van der Waals surface area contributed by atoms with Crippen LogP contribution in [-0.4, -0.2) is 139 Å². The average molecular weight is 634 g/mol. The van der Waals surface area contributed by atoms with Crippen molar-refractivity contribution in [3.63, 3.8) is 0 Å². The van der Waals surface area contributed by atoms with Crippen molar-refractivity contribution in [1.29, 1.82) is 0 Å². The molecular formula is C32H59NO11. The zero-order chi connectivity index (χ0) is 31.4. The smallest absolute Gasteiger partial charge is 0.119 e. The van der Waals surface area contributed by atoms with E-state index in [9.17, 15) is 0 Å². The lowest BCUT2D eigenvalue weighted by Gasteiger charge is -2.09. The van der Waals surface area contributed by atoms with Gasteiger partial charge in [0.05, 0.1) is 126 Å². The number of rotatable bonds is 36. The number of hydrogen-bond acceptors (Lipinski definition) is 12. The van der Waals surface area contributed by atoms with Gasteiger partial charge < -0.3 is 57.8 Å². The van der Waals surface area contributed by atoms with Crippen LogP contribution < -0.4 is 10.5 Å². The summed E-state index contributed by atoms with van der Waals surface area (Å²) < 4.78 is 60.4. The van der Waals surface area contributed by atoms with E-state index in [4.69, 9.17) is 57.8 Å². The van der Waals surface area contributed by atoms with Gasteiger partial charge in [-0.1, -0.05) is 26.2 Å². The minimum absolute atomic E-state index is 0.479. The number of nitrogen functional groups attached to an aromatic ring is 1. The monoisotopic (exact) mass is 633 g/mol. The van der Waals surface area contributed by atoms with Gasteiger partial charge in [0.2, 0.25) is 0 Å². The van der Waals surface area contributed by atoms with E-state index in [1.165, 1.54) is 19.3 Å². The predicted molar refractivity (Wildman–Crippen MR) is 169 cm³/mol. The van der Waals surface area contributed by atoms with E-state index in [1.807, 2.05) is 12.1 Å². The van der Waals surface area contributed by atoms with Gasteiger partial charge in [0.15, 0.2) is 0 Å². The van der Waals surface area contributed by atoms with Crippen molar-refractivity contribution in [1.82, 2.24) is 0 Å². The summed E-state index contributed by atoms with van der Waals surface area (Å²) in [5, 5.41) is 0. The summed E-state index contributed by atoms with van der Waals surface area (Å²) in [7, 11) is 0. The second-order valence-electron chi connectivity index (χ2n) is 9.60. The second kappa shape index (κ2) is 34.3. The van der Waals surface area contributed by atoms with Gasteiger partial charge in [-0.2, -0.15) is 0 Å². The van der Waals surface area contributed by atoms with Gasteiger partial charge in [0, 0.05) is 12.3 Å². The van der Waals surface area contributed by atoms with E-state index in [0.717, 1.165) is 18.8 Å². The van der Waals surface area contributed by atoms with Crippen LogP contribution in [0.25, 0.3) is 0 Å². The molecule has 0 unspecified atom stereocenters. The Kier molecular flexibility index (Phi) is 31.5. The maximum Gasteiger partial charge on any atom is 0.119 e. The number of ether oxygens (including phenoxy) is 11. The lowest BCUT2D eigenvalue weighted by atomic mass is 10.2. The molecule has 0 aliphatic heterocycles. The van der Waals surface area contributed by atoms with Gasteiger partial charge in [0.25, 0.3) is 0 Å². The Labute approximate surface area is 265 Å². The molecule has 0 fully saturated rings. The fourth-order valence-corrected chi connectivity index (χ4v) is 3.49. The molecule has 1 aromatic rings. The van der Waals surface area contributed by atoms with E-state index in [2.05, 4.69) is 6.92 Å². The molecule has 0 saturated carbocycles. The molecule has 2 N–H and O–H groups in total. The number of hydrogen-bond donors (Lipinski definition) is 1. The van der Waals surface area contributed by atoms with Crippen molar-refractivity contribution < 1.29 is 52.1 Å². The van der Waals surface area contributed by atoms with Gasteiger partial charge in [-0.3, -0.25) is 0 Å². The first-order valence-corrected chi connectivity index (χ1v) is 16.1. The molecule has 0 bridgehead atoms. The summed E-state index contributed by atoms with van der Waals surface area (Å²) in [6.45, 7) is 13.6. The number of anilines is 1. The quantitative estimate of drug-likeness (QED) is 0.0860. The summed E-state index contributed by atoms with van der Waals surface area (Å²) in [6.07, 6.45) is 4.90. The van der Waals surface area contributed by atoms with Crippen LogP contribution in [0.15, 0.2) is 24.3 Å². The Balaban J connectivity index is 1.62. The molecule has 0 aliphatic carbocycles. The van der Waals surface area contributed by atoms with Crippen molar-refractivity contribution in [2.45, 2.75) is 32.6 Å². The van der Waals surface area contributed by atoms with Crippen molar-refractivity contribution >= 4 is 5.69 Å². The first kappa shape index (κ1) is 40.4. The first-order chi connectivity index (χ1) is 21.8. The molecule has 258 valence electrons. The summed E-state index contributed by atoms with van der Waals surface area (Å²) in [5.74, 6) is 0.774. The van der Waals surface area contributed by atoms with Gasteiger partial charge in [-0.05, 0) is 30.7 Å². The lowest BCUT2D eigenvalue weighted by Crippen LogP contribution is -2.15. The molecular weight excluding hydrogens is 574 g/mol. The van der Waals surface area contributed by atoms with Crippen LogP contribution in [0.2, 0.25) is 0 Å². The van der Waals surface area contributed by atoms with Gasteiger partial charge in [-0.25, -0.2) is 0 Å². The van der Waals surface area contributed by atoms with Crippen LogP contribution >= 0.6 is 0 Å². The molecule has 0 aliphatic rings. The Morgan fingerprint density at radius 3 is 0.977 bits per heavy atom. The molecule has 0 heterocycles. The SMILES string of the molecule is CCCCCCOCCOCCOCCOCCOCCOCCOCCOCCOCCOCCOc1ccc(N)cc1. The normalized spacial score (nSPS) is 11.4. The molecule has 1 rings (SSSR count). The fourth-order valence-electron chi connectivity index (χ4n) is 3.49. The Bertz CT molecular complexity index is 685. The van der Waals surface area contributed by atoms with E-state index in [1.54, 1.807) is 12.1 Å². The van der Waals surface area contributed by atoms with Crippen LogP contribution in [0.4, 0.5) is 5.69 Å². The molecule has 0 radical (unpaired) electrons. The third-order valence-corrected chi connectivity index (χ3v) is 5.87. The summed E-state index contributed by atoms with van der Waals surface area (Å²) in [5.41, 5.74) is 6.35. The van der Waals surface area contributed by atoms with E-state index < -0.39 is 0 Å². The molecule has 0 spiro atoms. The number of benzene rings is 1. The highest BCUT2D eigenvalue weighted by Crippen LogP contribution is 2.12. The number of nitrogens with two attached hydrogens (primary N) is 1. The molecule has 12 heteroatoms. The highest BCUT2D eigenvalue weighted by molar-refractivity contribution is 5.41. The highest BCUT2D eigenvalue weighted by atomic mass is 16.6. The molecule has 44 heavy (non-hydrogen) atoms. The van der Waals surface area contributed by atoms with E-state index >= 15 is 0 Å². The standard InChI is InChI=1S/C32H59NO11/c1-2-3-4-5-10-34-11-12-35-13-14-36-15-16-37-17-18-38-19-20-39-21-22-40-23-24-41-25-26-42-27-28-43-29-30-44-32-8-6-31(33)7-9-32/h6-9H,2-5,10-30,33H2,1H3. The average Bonchev–Trinajstić information content (AvgIpc) is 3.03. The summed E-state index contributed by atoms with van der Waals surface area (Å²) >= 11 is 0. The first-order valence-electron chi connectivity index (χ1n) is 16.1. The molecule has 1 aromatic carbocycles. The Morgan fingerprint density at radius 1 is 0.364 bits per heavy atom. The third kappa shape index (κ3) is 30.4. The van der Waals surface area contributed by atoms with E-state index in [0.29, 0.717) is 138 Å². The van der Waals surface area contributed by atoms with Crippen molar-refractivity contribution in [3.8, 4) is 5.75 Å². The summed E-state index contributed by atoms with van der Waals surface area (Å²) in [4.78, 5) is 0. The largest absolute Gasteiger partial charge is 0.491 e. The third-order valence-electron chi connectivity index (χ3n) is 5.87. The molecule has 0 aromatic heterocycles. The zero-order valence-electron chi connectivity index (χ0n) is 27.1. The van der Waals surface area contributed by atoms with Gasteiger partial charge in [0.1, 0.15) is 12.4 Å². The zero-order valence-corrected chi connectivity index (χ0v) is 27.1. The maximum atomic E-state index is 5.64. The van der Waals surface area contributed by atoms with Crippen LogP contribution in [0.1, 0.15) is 32.6 Å². The molecule has 0 atom stereocenters. The van der Waals surface area contributed by atoms with Crippen LogP contribution in [0, 0.1) is 0 Å². The summed E-state index contributed by atoms with van der Waals surface area (Å²) in [6, 6.07) is 7.27. The highest BCUT2D eigenvalue weighted by Gasteiger charge is 1.97. The minimum Gasteiger partial charge on any atom is -0.491 e. The van der Waals surface area contributed by atoms with Gasteiger partial charge in [-0.15, -0.1) is 0 Å². The maximum absolute atomic E-state index is 5.64. The fraction of sp³-hybridized carbons (Fsp3) is 0.812. The second-order valence-corrected chi connectivity index (χ2v) is 9.60. The van der Waals surface area contributed by atoms with Crippen molar-refractivity contribution in [2.24, 2.45) is 0 Å². The molecule has 0 saturated heterocycles. The molecule has 12 nitrogen and oxygen atoms in total. The van der Waals surface area contributed by atoms with Crippen molar-refractivity contribution in [3.05, 3.63) is 24.3 Å².